The highest BCUT2D eigenvalue weighted by Crippen LogP contribution is 2.07. The zero-order valence-electron chi connectivity index (χ0n) is 6.35. The van der Waals surface area contributed by atoms with Crippen molar-refractivity contribution >= 4 is 5.91 Å². The predicted molar refractivity (Wildman–Crippen MR) is 39.4 cm³/mol. The lowest BCUT2D eigenvalue weighted by atomic mass is 10.1. The molecule has 0 unspecified atom stereocenters. The van der Waals surface area contributed by atoms with Gasteiger partial charge in [0.15, 0.2) is 0 Å². The van der Waals surface area contributed by atoms with Gasteiger partial charge in [0, 0.05) is 6.42 Å². The summed E-state index contributed by atoms with van der Waals surface area (Å²) in [4.78, 5) is 10.5. The van der Waals surface area contributed by atoms with Crippen LogP contribution in [0.4, 0.5) is 0 Å². The molecule has 3 heteroatoms. The number of hydrogen-bond donors (Lipinski definition) is 2. The summed E-state index contributed by atoms with van der Waals surface area (Å²) in [7, 11) is 0. The minimum atomic E-state index is -0.526. The first-order chi connectivity index (χ1) is 4.63. The Balaban J connectivity index is 4.45. The van der Waals surface area contributed by atoms with Crippen LogP contribution in [-0.4, -0.2) is 11.0 Å². The molecule has 0 rings (SSSR count). The standard InChI is InChI=1S/C7H13NO2/c1-3-5(7(8)10)6(9)4-2/h9H,3-4H2,1-2H3,(H2,8,10). The highest BCUT2D eigenvalue weighted by Gasteiger charge is 2.06. The molecule has 0 bridgehead atoms. The fraction of sp³-hybridized carbons (Fsp3) is 0.571. The Morgan fingerprint density at radius 2 is 1.90 bits per heavy atom. The van der Waals surface area contributed by atoms with E-state index in [4.69, 9.17) is 10.8 Å². The van der Waals surface area contributed by atoms with Gasteiger partial charge in [-0.2, -0.15) is 0 Å². The second-order valence-corrected chi connectivity index (χ2v) is 2.00. The minimum absolute atomic E-state index is 0.106. The Labute approximate surface area is 60.5 Å². The molecule has 0 aromatic heterocycles. The summed E-state index contributed by atoms with van der Waals surface area (Å²) < 4.78 is 0. The maximum Gasteiger partial charge on any atom is 0.247 e. The van der Waals surface area contributed by atoms with Crippen molar-refractivity contribution in [2.75, 3.05) is 0 Å². The predicted octanol–water partition coefficient (Wildman–Crippen LogP) is 1.10. The molecule has 0 radical (unpaired) electrons. The minimum Gasteiger partial charge on any atom is -0.512 e. The topological polar surface area (TPSA) is 63.3 Å². The van der Waals surface area contributed by atoms with Crippen molar-refractivity contribution in [3.8, 4) is 0 Å². The second kappa shape index (κ2) is 3.93. The first-order valence-electron chi connectivity index (χ1n) is 3.34. The van der Waals surface area contributed by atoms with E-state index in [1.54, 1.807) is 13.8 Å². The summed E-state index contributed by atoms with van der Waals surface area (Å²) in [5.74, 6) is -0.420. The molecule has 0 saturated heterocycles. The van der Waals surface area contributed by atoms with Crippen LogP contribution in [0.5, 0.6) is 0 Å². The van der Waals surface area contributed by atoms with E-state index in [1.807, 2.05) is 0 Å². The van der Waals surface area contributed by atoms with E-state index < -0.39 is 5.91 Å². The molecule has 0 heterocycles. The number of carbonyl (C=O) groups is 1. The van der Waals surface area contributed by atoms with Crippen LogP contribution >= 0.6 is 0 Å². The lowest BCUT2D eigenvalue weighted by Gasteiger charge is -2.01. The Morgan fingerprint density at radius 3 is 2.00 bits per heavy atom. The van der Waals surface area contributed by atoms with E-state index in [0.29, 0.717) is 18.4 Å². The van der Waals surface area contributed by atoms with E-state index >= 15 is 0 Å². The molecule has 3 N–H and O–H groups in total. The average molecular weight is 143 g/mol. The van der Waals surface area contributed by atoms with Crippen LogP contribution in [0.2, 0.25) is 0 Å². The third-order valence-electron chi connectivity index (χ3n) is 1.33. The summed E-state index contributed by atoms with van der Waals surface area (Å²) >= 11 is 0. The number of amides is 1. The van der Waals surface area contributed by atoms with Crippen LogP contribution in [0.1, 0.15) is 26.7 Å². The third-order valence-corrected chi connectivity index (χ3v) is 1.33. The molecule has 0 aliphatic heterocycles. The lowest BCUT2D eigenvalue weighted by Crippen LogP contribution is -2.15. The molecular weight excluding hydrogens is 130 g/mol. The maximum atomic E-state index is 10.5. The molecule has 3 nitrogen and oxygen atoms in total. The van der Waals surface area contributed by atoms with Crippen molar-refractivity contribution in [1.29, 1.82) is 0 Å². The maximum absolute atomic E-state index is 10.5. The van der Waals surface area contributed by atoms with Crippen LogP contribution in [0, 0.1) is 0 Å². The van der Waals surface area contributed by atoms with E-state index in [9.17, 15) is 4.79 Å². The average Bonchev–Trinajstić information content (AvgIpc) is 1.88. The molecule has 0 spiro atoms. The van der Waals surface area contributed by atoms with Crippen molar-refractivity contribution in [2.24, 2.45) is 5.73 Å². The van der Waals surface area contributed by atoms with E-state index in [-0.39, 0.29) is 5.76 Å². The number of rotatable bonds is 3. The number of carbonyl (C=O) groups excluding carboxylic acids is 1. The van der Waals surface area contributed by atoms with Gasteiger partial charge in [-0.1, -0.05) is 13.8 Å². The summed E-state index contributed by atoms with van der Waals surface area (Å²) in [6, 6.07) is 0. The van der Waals surface area contributed by atoms with Crippen molar-refractivity contribution in [3.05, 3.63) is 11.3 Å². The van der Waals surface area contributed by atoms with Gasteiger partial charge in [0.05, 0.1) is 5.57 Å². The second-order valence-electron chi connectivity index (χ2n) is 2.00. The molecular formula is C7H13NO2. The van der Waals surface area contributed by atoms with Crippen LogP contribution in [0.15, 0.2) is 11.3 Å². The van der Waals surface area contributed by atoms with Gasteiger partial charge in [0.2, 0.25) is 5.91 Å². The highest BCUT2D eigenvalue weighted by molar-refractivity contribution is 5.92. The molecule has 10 heavy (non-hydrogen) atoms. The zero-order valence-corrected chi connectivity index (χ0v) is 6.35. The number of hydrogen-bond acceptors (Lipinski definition) is 2. The largest absolute Gasteiger partial charge is 0.512 e. The van der Waals surface area contributed by atoms with Crippen molar-refractivity contribution < 1.29 is 9.90 Å². The molecule has 0 aliphatic carbocycles. The Bertz CT molecular complexity index is 161. The quantitative estimate of drug-likeness (QED) is 0.459. The third kappa shape index (κ3) is 2.09. The normalized spacial score (nSPS) is 12.6. The molecule has 0 aliphatic rings. The number of aliphatic hydroxyl groups excluding tert-OH is 1. The number of aliphatic hydroxyl groups is 1. The number of allylic oxidation sites excluding steroid dienone is 1. The van der Waals surface area contributed by atoms with E-state index in [1.165, 1.54) is 0 Å². The molecule has 0 aromatic rings. The monoisotopic (exact) mass is 143 g/mol. The van der Waals surface area contributed by atoms with Crippen LogP contribution < -0.4 is 5.73 Å². The SMILES string of the molecule is CCC(O)=C(CC)C(N)=O. The van der Waals surface area contributed by atoms with Crippen molar-refractivity contribution in [3.63, 3.8) is 0 Å². The Hall–Kier alpha value is -0.990. The fourth-order valence-electron chi connectivity index (χ4n) is 0.734. The van der Waals surface area contributed by atoms with E-state index in [0.717, 1.165) is 0 Å². The lowest BCUT2D eigenvalue weighted by molar-refractivity contribution is -0.114. The number of nitrogens with two attached hydrogens (primary N) is 1. The highest BCUT2D eigenvalue weighted by atomic mass is 16.3. The molecule has 58 valence electrons. The van der Waals surface area contributed by atoms with Crippen LogP contribution in [-0.2, 0) is 4.79 Å². The van der Waals surface area contributed by atoms with Crippen LogP contribution in [0.3, 0.4) is 0 Å². The Kier molecular flexibility index (Phi) is 3.54. The fourth-order valence-corrected chi connectivity index (χ4v) is 0.734. The molecule has 0 atom stereocenters. The van der Waals surface area contributed by atoms with Gasteiger partial charge in [0.1, 0.15) is 5.76 Å². The first-order valence-corrected chi connectivity index (χ1v) is 3.34. The molecule has 0 fully saturated rings. The van der Waals surface area contributed by atoms with Crippen LogP contribution in [0.25, 0.3) is 0 Å². The summed E-state index contributed by atoms with van der Waals surface area (Å²) in [5, 5.41) is 9.07. The Morgan fingerprint density at radius 1 is 1.40 bits per heavy atom. The van der Waals surface area contributed by atoms with Gasteiger partial charge in [-0.3, -0.25) is 4.79 Å². The summed E-state index contributed by atoms with van der Waals surface area (Å²) in [6.07, 6.45) is 0.959. The molecule has 0 saturated carbocycles. The zero-order chi connectivity index (χ0) is 8.15. The van der Waals surface area contributed by atoms with Gasteiger partial charge in [-0.25, -0.2) is 0 Å². The van der Waals surface area contributed by atoms with Crippen molar-refractivity contribution in [2.45, 2.75) is 26.7 Å². The van der Waals surface area contributed by atoms with Gasteiger partial charge in [0.25, 0.3) is 0 Å². The van der Waals surface area contributed by atoms with Crippen molar-refractivity contribution in [1.82, 2.24) is 0 Å². The number of primary amides is 1. The van der Waals surface area contributed by atoms with Gasteiger partial charge >= 0.3 is 0 Å². The smallest absolute Gasteiger partial charge is 0.247 e. The van der Waals surface area contributed by atoms with Gasteiger partial charge in [-0.15, -0.1) is 0 Å². The van der Waals surface area contributed by atoms with E-state index in [2.05, 4.69) is 0 Å². The van der Waals surface area contributed by atoms with Gasteiger partial charge < -0.3 is 10.8 Å². The summed E-state index contributed by atoms with van der Waals surface area (Å²) in [6.45, 7) is 3.56. The molecule has 0 aromatic carbocycles. The van der Waals surface area contributed by atoms with Gasteiger partial charge in [-0.05, 0) is 6.42 Å². The molecule has 1 amide bonds. The summed E-state index contributed by atoms with van der Waals surface area (Å²) in [5.41, 5.74) is 5.30. The first kappa shape index (κ1) is 9.01.